The van der Waals surface area contributed by atoms with Crippen molar-refractivity contribution in [1.29, 1.82) is 0 Å². The summed E-state index contributed by atoms with van der Waals surface area (Å²) in [6.07, 6.45) is 0.162. The number of benzene rings is 2. The molecule has 0 aliphatic rings. The largest absolute Gasteiger partial charge is 0.462 e. The molecule has 178 valence electrons. The van der Waals surface area contributed by atoms with Crippen LogP contribution in [0.4, 0.5) is 0 Å². The molecule has 34 heavy (non-hydrogen) atoms. The molecule has 0 saturated carbocycles. The van der Waals surface area contributed by atoms with E-state index in [1.54, 1.807) is 6.92 Å². The number of carbonyl (C=O) groups is 3. The molecule has 3 rings (SSSR count). The van der Waals surface area contributed by atoms with Gasteiger partial charge in [-0.25, -0.2) is 14.6 Å². The lowest BCUT2D eigenvalue weighted by atomic mass is 10.0. The van der Waals surface area contributed by atoms with E-state index in [4.69, 9.17) is 9.47 Å². The topological polar surface area (TPSA) is 94.6 Å². The molecule has 0 aliphatic carbocycles. The summed E-state index contributed by atoms with van der Waals surface area (Å²) in [6.45, 7) is 7.22. The first kappa shape index (κ1) is 24.9. The maximum absolute atomic E-state index is 12.9. The van der Waals surface area contributed by atoms with Gasteiger partial charge in [-0.3, -0.25) is 4.79 Å². The van der Waals surface area contributed by atoms with Gasteiger partial charge < -0.3 is 14.8 Å². The van der Waals surface area contributed by atoms with Crippen molar-refractivity contribution in [3.8, 4) is 0 Å². The van der Waals surface area contributed by atoms with Crippen LogP contribution < -0.4 is 5.32 Å². The molecule has 0 radical (unpaired) electrons. The summed E-state index contributed by atoms with van der Waals surface area (Å²) >= 11 is 0. The molecule has 7 heteroatoms. The van der Waals surface area contributed by atoms with Gasteiger partial charge in [0.25, 0.3) is 0 Å². The van der Waals surface area contributed by atoms with E-state index in [0.29, 0.717) is 22.3 Å². The Morgan fingerprint density at radius 3 is 2.32 bits per heavy atom. The van der Waals surface area contributed by atoms with Gasteiger partial charge >= 0.3 is 11.9 Å². The minimum absolute atomic E-state index is 0.162. The number of nitrogens with one attached hydrogen (secondary N) is 1. The van der Waals surface area contributed by atoms with Crippen molar-refractivity contribution in [3.05, 3.63) is 77.0 Å². The smallest absolute Gasteiger partial charge is 0.340 e. The Balaban J connectivity index is 1.78. The van der Waals surface area contributed by atoms with Gasteiger partial charge in [-0.2, -0.15) is 0 Å². The maximum atomic E-state index is 12.9. The number of pyridine rings is 1. The lowest BCUT2D eigenvalue weighted by Crippen LogP contribution is -2.45. The van der Waals surface area contributed by atoms with Gasteiger partial charge in [0.1, 0.15) is 12.6 Å². The first-order chi connectivity index (χ1) is 16.3. The van der Waals surface area contributed by atoms with E-state index in [9.17, 15) is 14.4 Å². The predicted molar refractivity (Wildman–Crippen MR) is 129 cm³/mol. The first-order valence-corrected chi connectivity index (χ1v) is 11.4. The Hall–Kier alpha value is -3.74. The van der Waals surface area contributed by atoms with Gasteiger partial charge in [-0.15, -0.1) is 0 Å². The number of esters is 2. The fraction of sp³-hybridized carbons (Fsp3) is 0.333. The predicted octanol–water partition coefficient (Wildman–Crippen LogP) is 4.15. The Morgan fingerprint density at radius 1 is 0.971 bits per heavy atom. The molecule has 1 aromatic heterocycles. The van der Waals surface area contributed by atoms with Crippen LogP contribution in [-0.4, -0.2) is 35.5 Å². The standard InChI is InChI=1S/C27H30N2O5/c1-5-33-26(31)24-18(4)20-13-9-10-14-21(20)28-22(24)16-34-27(32)25(17(2)3)29-23(30)15-19-11-7-6-8-12-19/h6-14,17,25H,5,15-16H2,1-4H3,(H,29,30)/t25-/m0/s1. The molecule has 0 unspecified atom stereocenters. The average Bonchev–Trinajstić information content (AvgIpc) is 2.81. The SMILES string of the molecule is CCOC(=O)c1c(COC(=O)[C@@H](NC(=O)Cc2ccccc2)C(C)C)nc2ccccc2c1C. The monoisotopic (exact) mass is 462 g/mol. The Kier molecular flexibility index (Phi) is 8.35. The summed E-state index contributed by atoms with van der Waals surface area (Å²) in [6, 6.07) is 15.9. The Labute approximate surface area is 199 Å². The Bertz CT molecular complexity index is 1170. The molecule has 1 heterocycles. The molecular formula is C27H30N2O5. The van der Waals surface area contributed by atoms with Gasteiger partial charge in [-0.1, -0.05) is 62.4 Å². The van der Waals surface area contributed by atoms with E-state index >= 15 is 0 Å². The van der Waals surface area contributed by atoms with Crippen molar-refractivity contribution >= 4 is 28.7 Å². The highest BCUT2D eigenvalue weighted by Crippen LogP contribution is 2.24. The third-order valence-corrected chi connectivity index (χ3v) is 5.50. The number of hydrogen-bond donors (Lipinski definition) is 1. The van der Waals surface area contributed by atoms with Crippen LogP contribution in [0.3, 0.4) is 0 Å². The van der Waals surface area contributed by atoms with Crippen molar-refractivity contribution in [3.63, 3.8) is 0 Å². The van der Waals surface area contributed by atoms with E-state index in [1.807, 2.05) is 75.4 Å². The number of rotatable bonds is 9. The molecule has 7 nitrogen and oxygen atoms in total. The van der Waals surface area contributed by atoms with Gasteiger partial charge in [0.2, 0.25) is 5.91 Å². The molecule has 2 aromatic carbocycles. The third kappa shape index (κ3) is 5.98. The van der Waals surface area contributed by atoms with E-state index < -0.39 is 18.0 Å². The van der Waals surface area contributed by atoms with Crippen LogP contribution >= 0.6 is 0 Å². The molecule has 1 atom stereocenters. The van der Waals surface area contributed by atoms with Crippen LogP contribution in [0, 0.1) is 12.8 Å². The molecule has 3 aromatic rings. The third-order valence-electron chi connectivity index (χ3n) is 5.50. The zero-order valence-electron chi connectivity index (χ0n) is 20.0. The number of nitrogens with zero attached hydrogens (tertiary/aromatic N) is 1. The summed E-state index contributed by atoms with van der Waals surface area (Å²) in [7, 11) is 0. The average molecular weight is 463 g/mol. The molecule has 1 N–H and O–H groups in total. The van der Waals surface area contributed by atoms with Crippen LogP contribution in [0.5, 0.6) is 0 Å². The van der Waals surface area contributed by atoms with Crippen LogP contribution in [0.25, 0.3) is 10.9 Å². The lowest BCUT2D eigenvalue weighted by Gasteiger charge is -2.21. The lowest BCUT2D eigenvalue weighted by molar-refractivity contribution is -0.150. The normalized spacial score (nSPS) is 11.8. The molecule has 0 saturated heterocycles. The minimum atomic E-state index is -0.830. The van der Waals surface area contributed by atoms with E-state index in [1.165, 1.54) is 0 Å². The summed E-state index contributed by atoms with van der Waals surface area (Å²) in [4.78, 5) is 42.7. The fourth-order valence-electron chi connectivity index (χ4n) is 3.75. The van der Waals surface area contributed by atoms with Gasteiger partial charge in [0, 0.05) is 5.39 Å². The number of fused-ring (bicyclic) bond motifs is 1. The highest BCUT2D eigenvalue weighted by atomic mass is 16.5. The Morgan fingerprint density at radius 2 is 1.65 bits per heavy atom. The second kappa shape index (κ2) is 11.4. The first-order valence-electron chi connectivity index (χ1n) is 11.4. The zero-order valence-corrected chi connectivity index (χ0v) is 20.0. The second-order valence-corrected chi connectivity index (χ2v) is 8.36. The number of aromatic nitrogens is 1. The molecule has 0 aliphatic heterocycles. The van der Waals surface area contributed by atoms with Crippen molar-refractivity contribution in [2.75, 3.05) is 6.61 Å². The quantitative estimate of drug-likeness (QED) is 0.480. The summed E-state index contributed by atoms with van der Waals surface area (Å²) < 4.78 is 10.8. The number of aryl methyl sites for hydroxylation is 1. The number of carbonyl (C=O) groups excluding carboxylic acids is 3. The van der Waals surface area contributed by atoms with E-state index in [-0.39, 0.29) is 31.5 Å². The summed E-state index contributed by atoms with van der Waals surface area (Å²) in [5.74, 6) is -1.56. The van der Waals surface area contributed by atoms with Gasteiger partial charge in [0.15, 0.2) is 0 Å². The van der Waals surface area contributed by atoms with E-state index in [0.717, 1.165) is 10.9 Å². The maximum Gasteiger partial charge on any atom is 0.340 e. The highest BCUT2D eigenvalue weighted by molar-refractivity contribution is 5.98. The van der Waals surface area contributed by atoms with Crippen molar-refractivity contribution < 1.29 is 23.9 Å². The van der Waals surface area contributed by atoms with Gasteiger partial charge in [0.05, 0.1) is 29.8 Å². The fourth-order valence-corrected chi connectivity index (χ4v) is 3.75. The minimum Gasteiger partial charge on any atom is -0.462 e. The molecule has 0 fully saturated rings. The number of ether oxygens (including phenoxy) is 2. The van der Waals surface area contributed by atoms with Crippen LogP contribution in [0.15, 0.2) is 54.6 Å². The number of hydrogen-bond acceptors (Lipinski definition) is 6. The van der Waals surface area contributed by atoms with Crippen LogP contribution in [0.2, 0.25) is 0 Å². The van der Waals surface area contributed by atoms with Crippen molar-refractivity contribution in [2.24, 2.45) is 5.92 Å². The van der Waals surface area contributed by atoms with Crippen LogP contribution in [0.1, 0.15) is 48.0 Å². The van der Waals surface area contributed by atoms with Crippen LogP contribution in [-0.2, 0) is 32.1 Å². The summed E-state index contributed by atoms with van der Waals surface area (Å²) in [5, 5.41) is 3.60. The summed E-state index contributed by atoms with van der Waals surface area (Å²) in [5.41, 5.74) is 2.87. The molecule has 1 amide bonds. The second-order valence-electron chi connectivity index (χ2n) is 8.36. The van der Waals surface area contributed by atoms with Gasteiger partial charge in [-0.05, 0) is 37.0 Å². The molecular weight excluding hydrogens is 432 g/mol. The van der Waals surface area contributed by atoms with Crippen molar-refractivity contribution in [2.45, 2.75) is 46.8 Å². The number of para-hydroxylation sites is 1. The molecule has 0 spiro atoms. The number of amides is 1. The highest BCUT2D eigenvalue weighted by Gasteiger charge is 2.27. The van der Waals surface area contributed by atoms with E-state index in [2.05, 4.69) is 10.3 Å². The zero-order chi connectivity index (χ0) is 24.7. The van der Waals surface area contributed by atoms with Crippen molar-refractivity contribution in [1.82, 2.24) is 10.3 Å². The molecule has 0 bridgehead atoms.